The second-order valence-electron chi connectivity index (χ2n) is 7.32. The third-order valence-electron chi connectivity index (χ3n) is 5.05. The predicted molar refractivity (Wildman–Crippen MR) is 119 cm³/mol. The van der Waals surface area contributed by atoms with Crippen LogP contribution < -0.4 is 11.2 Å². The molecule has 1 unspecified atom stereocenters. The standard InChI is InChI=1S/C22H22Cl2N2O6/c1-3-13-11-26(22(30)25-21(13)29)20-10-19(31-12(2)27)18(32-20)8-7-14(28)9-15-16(23)5-4-6-17(15)24/h4-8,11,18-20H,3,9-10H2,1-2H3,(H,25,29,30)/b8-7+/t18-,19?,20-/m0/s1. The van der Waals surface area contributed by atoms with E-state index in [-0.39, 0.29) is 18.6 Å². The highest BCUT2D eigenvalue weighted by Crippen LogP contribution is 2.31. The van der Waals surface area contributed by atoms with Crippen molar-refractivity contribution in [3.05, 3.63) is 78.6 Å². The Balaban J connectivity index is 1.80. The van der Waals surface area contributed by atoms with Crippen LogP contribution in [0.15, 0.2) is 46.1 Å². The maximum Gasteiger partial charge on any atom is 0.330 e. The van der Waals surface area contributed by atoms with Gasteiger partial charge in [-0.2, -0.15) is 0 Å². The molecule has 2 aromatic rings. The van der Waals surface area contributed by atoms with Crippen LogP contribution in [-0.2, 0) is 31.9 Å². The molecule has 1 fully saturated rings. The van der Waals surface area contributed by atoms with Crippen molar-refractivity contribution < 1.29 is 19.1 Å². The highest BCUT2D eigenvalue weighted by molar-refractivity contribution is 6.36. The molecule has 3 atom stereocenters. The fourth-order valence-electron chi connectivity index (χ4n) is 3.46. The van der Waals surface area contributed by atoms with Crippen molar-refractivity contribution in [3.8, 4) is 0 Å². The number of hydrogen-bond acceptors (Lipinski definition) is 6. The Hall–Kier alpha value is -2.68. The number of halogens is 2. The van der Waals surface area contributed by atoms with Crippen LogP contribution in [0, 0.1) is 0 Å². The van der Waals surface area contributed by atoms with Gasteiger partial charge in [-0.25, -0.2) is 4.79 Å². The van der Waals surface area contributed by atoms with Crippen LogP contribution in [0.5, 0.6) is 0 Å². The Morgan fingerprint density at radius 2 is 1.97 bits per heavy atom. The lowest BCUT2D eigenvalue weighted by Crippen LogP contribution is -2.34. The van der Waals surface area contributed by atoms with Crippen molar-refractivity contribution in [1.29, 1.82) is 0 Å². The molecule has 0 saturated carbocycles. The summed E-state index contributed by atoms with van der Waals surface area (Å²) in [5.41, 5.74) is -0.154. The Labute approximate surface area is 193 Å². The molecule has 8 nitrogen and oxygen atoms in total. The predicted octanol–water partition coefficient (Wildman–Crippen LogP) is 2.99. The normalized spacial score (nSPS) is 20.6. The summed E-state index contributed by atoms with van der Waals surface area (Å²) < 4.78 is 12.5. The SMILES string of the molecule is CCc1cn([C@@H]2CC(OC(C)=O)[C@H](/C=C/C(=O)Cc3c(Cl)cccc3Cl)O2)c(=O)[nH]c1=O. The summed E-state index contributed by atoms with van der Waals surface area (Å²) in [4.78, 5) is 50.4. The fourth-order valence-corrected chi connectivity index (χ4v) is 3.99. The van der Waals surface area contributed by atoms with Crippen molar-refractivity contribution in [2.75, 3.05) is 0 Å². The van der Waals surface area contributed by atoms with E-state index in [9.17, 15) is 19.2 Å². The van der Waals surface area contributed by atoms with E-state index in [1.165, 1.54) is 29.8 Å². The molecule has 0 amide bonds. The van der Waals surface area contributed by atoms with E-state index in [2.05, 4.69) is 4.98 Å². The van der Waals surface area contributed by atoms with E-state index in [0.29, 0.717) is 27.6 Å². The summed E-state index contributed by atoms with van der Waals surface area (Å²) in [6.07, 6.45) is 2.57. The molecular weight excluding hydrogens is 459 g/mol. The number of benzene rings is 1. The number of carbonyl (C=O) groups excluding carboxylic acids is 2. The highest BCUT2D eigenvalue weighted by atomic mass is 35.5. The first-order chi connectivity index (χ1) is 15.2. The monoisotopic (exact) mass is 480 g/mol. The summed E-state index contributed by atoms with van der Waals surface area (Å²) in [5.74, 6) is -0.794. The molecule has 1 aromatic carbocycles. The zero-order chi connectivity index (χ0) is 23.4. The number of ether oxygens (including phenoxy) is 2. The van der Waals surface area contributed by atoms with Crippen LogP contribution in [0.4, 0.5) is 0 Å². The molecule has 1 aliphatic rings. The van der Waals surface area contributed by atoms with Crippen LogP contribution in [0.25, 0.3) is 0 Å². The zero-order valence-electron chi connectivity index (χ0n) is 17.5. The Morgan fingerprint density at radius 1 is 1.28 bits per heavy atom. The van der Waals surface area contributed by atoms with Gasteiger partial charge in [-0.05, 0) is 36.3 Å². The van der Waals surface area contributed by atoms with Crippen molar-refractivity contribution in [1.82, 2.24) is 9.55 Å². The number of rotatable bonds is 7. The van der Waals surface area contributed by atoms with Crippen molar-refractivity contribution in [2.45, 2.75) is 51.5 Å². The summed E-state index contributed by atoms with van der Waals surface area (Å²) in [6, 6.07) is 4.98. The minimum absolute atomic E-state index is 0.0113. The molecule has 1 saturated heterocycles. The molecule has 32 heavy (non-hydrogen) atoms. The van der Waals surface area contributed by atoms with Gasteiger partial charge in [-0.1, -0.05) is 36.2 Å². The van der Waals surface area contributed by atoms with Crippen molar-refractivity contribution >= 4 is 35.0 Å². The number of hydrogen-bond donors (Lipinski definition) is 1. The number of H-pyrrole nitrogens is 1. The van der Waals surface area contributed by atoms with E-state index < -0.39 is 35.7 Å². The molecule has 3 rings (SSSR count). The van der Waals surface area contributed by atoms with Crippen LogP contribution in [0.1, 0.15) is 37.6 Å². The molecule has 0 aliphatic carbocycles. The van der Waals surface area contributed by atoms with Gasteiger partial charge in [0.2, 0.25) is 0 Å². The lowest BCUT2D eigenvalue weighted by atomic mass is 10.1. The van der Waals surface area contributed by atoms with Crippen LogP contribution in [-0.4, -0.2) is 33.5 Å². The van der Waals surface area contributed by atoms with E-state index in [4.69, 9.17) is 32.7 Å². The van der Waals surface area contributed by atoms with E-state index >= 15 is 0 Å². The van der Waals surface area contributed by atoms with Gasteiger partial charge in [-0.3, -0.25) is 23.9 Å². The third-order valence-corrected chi connectivity index (χ3v) is 5.76. The first-order valence-electron chi connectivity index (χ1n) is 10.0. The number of esters is 1. The number of aromatic nitrogens is 2. The lowest BCUT2D eigenvalue weighted by molar-refractivity contribution is -0.147. The maximum absolute atomic E-state index is 12.5. The molecule has 0 spiro atoms. The number of allylic oxidation sites excluding steroid dienone is 1. The summed E-state index contributed by atoms with van der Waals surface area (Å²) in [5, 5.41) is 0.775. The van der Waals surface area contributed by atoms with Crippen LogP contribution in [0.2, 0.25) is 10.0 Å². The minimum atomic E-state index is -0.781. The van der Waals surface area contributed by atoms with Crippen molar-refractivity contribution in [3.63, 3.8) is 0 Å². The van der Waals surface area contributed by atoms with E-state index in [1.54, 1.807) is 25.1 Å². The molecule has 170 valence electrons. The topological polar surface area (TPSA) is 107 Å². The third kappa shape index (κ3) is 5.56. The van der Waals surface area contributed by atoms with E-state index in [0.717, 1.165) is 0 Å². The number of nitrogens with one attached hydrogen (secondary N) is 1. The molecule has 2 heterocycles. The van der Waals surface area contributed by atoms with Gasteiger partial charge in [0.05, 0.1) is 0 Å². The first-order valence-corrected chi connectivity index (χ1v) is 10.8. The summed E-state index contributed by atoms with van der Waals surface area (Å²) in [7, 11) is 0. The molecule has 1 aliphatic heterocycles. The quantitative estimate of drug-likeness (QED) is 0.482. The molecule has 1 aromatic heterocycles. The highest BCUT2D eigenvalue weighted by Gasteiger charge is 2.37. The number of aromatic amines is 1. The second kappa shape index (κ2) is 10.3. The number of ketones is 1. The molecule has 0 bridgehead atoms. The van der Waals surface area contributed by atoms with E-state index in [1.807, 2.05) is 0 Å². The van der Waals surface area contributed by atoms with Crippen molar-refractivity contribution in [2.24, 2.45) is 0 Å². The Kier molecular flexibility index (Phi) is 7.71. The van der Waals surface area contributed by atoms with Crippen LogP contribution in [0.3, 0.4) is 0 Å². The number of aryl methyl sites for hydroxylation is 1. The lowest BCUT2D eigenvalue weighted by Gasteiger charge is -2.15. The summed E-state index contributed by atoms with van der Waals surface area (Å²) in [6.45, 7) is 3.05. The molecule has 1 N–H and O–H groups in total. The van der Waals surface area contributed by atoms with Crippen LogP contribution >= 0.6 is 23.2 Å². The minimum Gasteiger partial charge on any atom is -0.459 e. The number of carbonyl (C=O) groups is 2. The Bertz CT molecular complexity index is 1150. The largest absolute Gasteiger partial charge is 0.459 e. The van der Waals surface area contributed by atoms with Gasteiger partial charge in [0.25, 0.3) is 5.56 Å². The molecule has 0 radical (unpaired) electrons. The fraction of sp³-hybridized carbons (Fsp3) is 0.364. The zero-order valence-corrected chi connectivity index (χ0v) is 19.0. The Morgan fingerprint density at radius 3 is 2.59 bits per heavy atom. The summed E-state index contributed by atoms with van der Waals surface area (Å²) >= 11 is 12.2. The van der Waals surface area contributed by atoms with Gasteiger partial charge in [-0.15, -0.1) is 0 Å². The smallest absolute Gasteiger partial charge is 0.330 e. The van der Waals surface area contributed by atoms with Gasteiger partial charge in [0.15, 0.2) is 5.78 Å². The molecular formula is C22H22Cl2N2O6. The van der Waals surface area contributed by atoms with Gasteiger partial charge < -0.3 is 9.47 Å². The average Bonchev–Trinajstić information content (AvgIpc) is 3.11. The first kappa shape index (κ1) is 24.0. The number of nitrogens with zero attached hydrogens (tertiary/aromatic N) is 1. The van der Waals surface area contributed by atoms with Gasteiger partial charge in [0, 0.05) is 41.6 Å². The molecule has 10 heteroatoms. The maximum atomic E-state index is 12.5. The average molecular weight is 481 g/mol. The van der Waals surface area contributed by atoms with Gasteiger partial charge >= 0.3 is 11.7 Å². The van der Waals surface area contributed by atoms with Gasteiger partial charge in [0.1, 0.15) is 18.4 Å². The second-order valence-corrected chi connectivity index (χ2v) is 8.13.